The number of carbonyl (C=O) groups is 2. The predicted molar refractivity (Wildman–Crippen MR) is 115 cm³/mol. The summed E-state index contributed by atoms with van der Waals surface area (Å²) in [5.74, 6) is -0.247. The van der Waals surface area contributed by atoms with Gasteiger partial charge < -0.3 is 38.5 Å². The minimum absolute atomic E-state index is 0. The Morgan fingerprint density at radius 3 is 2.55 bits per heavy atom. The standard InChI is InChI=1S/C24H23N3O3.HI/c1-27(11-13-30-14-12-27)10-9-25-24(29)20-15-26-22-21-17(7-4-8-18(20)21)16-5-2-3-6-19(16)23(22)28;/h2-8,15H,9-14H2,1H3;1H. The third-order valence-corrected chi connectivity index (χ3v) is 6.32. The third kappa shape index (κ3) is 3.86. The number of nitrogens with one attached hydrogen (secondary N) is 1. The van der Waals surface area contributed by atoms with E-state index in [0.717, 1.165) is 59.2 Å². The number of nitrogens with zero attached hydrogens (tertiary/aromatic N) is 2. The molecule has 0 atom stereocenters. The molecule has 0 spiro atoms. The molecule has 1 fully saturated rings. The van der Waals surface area contributed by atoms with Gasteiger partial charge in [0.05, 0.1) is 38.9 Å². The van der Waals surface area contributed by atoms with Crippen LogP contribution in [0.15, 0.2) is 48.7 Å². The number of ether oxygens (including phenoxy) is 1. The summed E-state index contributed by atoms with van der Waals surface area (Å²) in [7, 11) is 2.20. The lowest BCUT2D eigenvalue weighted by molar-refractivity contribution is -0.915. The van der Waals surface area contributed by atoms with Gasteiger partial charge in [0.15, 0.2) is 0 Å². The number of quaternary nitrogens is 1. The summed E-state index contributed by atoms with van der Waals surface area (Å²) in [4.78, 5) is 30.4. The molecule has 0 unspecified atom stereocenters. The molecule has 1 aliphatic carbocycles. The maximum atomic E-state index is 13.0. The molecule has 0 radical (unpaired) electrons. The number of carbonyl (C=O) groups excluding carboxylic acids is 2. The van der Waals surface area contributed by atoms with Crippen LogP contribution >= 0.6 is 0 Å². The van der Waals surface area contributed by atoms with E-state index in [4.69, 9.17) is 4.74 Å². The number of pyridine rings is 1. The summed E-state index contributed by atoms with van der Waals surface area (Å²) in [5, 5.41) is 4.58. The predicted octanol–water partition coefficient (Wildman–Crippen LogP) is -0.343. The smallest absolute Gasteiger partial charge is 0.253 e. The van der Waals surface area contributed by atoms with E-state index in [1.54, 1.807) is 0 Å². The van der Waals surface area contributed by atoms with Crippen LogP contribution in [0.5, 0.6) is 0 Å². The molecule has 0 saturated carbocycles. The van der Waals surface area contributed by atoms with Crippen molar-refractivity contribution in [3.05, 3.63) is 65.5 Å². The molecule has 1 N–H and O–H groups in total. The Kier molecular flexibility index (Phi) is 6.09. The number of morpholine rings is 1. The number of benzene rings is 2. The van der Waals surface area contributed by atoms with Crippen LogP contribution in [0.2, 0.25) is 0 Å². The molecule has 2 heterocycles. The van der Waals surface area contributed by atoms with Crippen molar-refractivity contribution in [2.75, 3.05) is 46.4 Å². The molecular formula is C24H24IN3O3. The summed E-state index contributed by atoms with van der Waals surface area (Å²) < 4.78 is 6.34. The van der Waals surface area contributed by atoms with Crippen molar-refractivity contribution >= 4 is 22.5 Å². The van der Waals surface area contributed by atoms with Gasteiger partial charge in [0.1, 0.15) is 18.8 Å². The lowest BCUT2D eigenvalue weighted by Gasteiger charge is -2.37. The highest BCUT2D eigenvalue weighted by atomic mass is 127. The van der Waals surface area contributed by atoms with Gasteiger partial charge in [-0.25, -0.2) is 0 Å². The largest absolute Gasteiger partial charge is 1.00 e. The highest BCUT2D eigenvalue weighted by Crippen LogP contribution is 2.39. The Morgan fingerprint density at radius 2 is 1.77 bits per heavy atom. The number of rotatable bonds is 4. The van der Waals surface area contributed by atoms with Crippen LogP contribution in [-0.4, -0.2) is 67.6 Å². The monoisotopic (exact) mass is 529 g/mol. The fourth-order valence-corrected chi connectivity index (χ4v) is 4.46. The molecule has 160 valence electrons. The van der Waals surface area contributed by atoms with Crippen molar-refractivity contribution in [3.8, 4) is 11.1 Å². The van der Waals surface area contributed by atoms with Crippen molar-refractivity contribution < 1.29 is 42.8 Å². The van der Waals surface area contributed by atoms with Crippen LogP contribution in [0, 0.1) is 0 Å². The van der Waals surface area contributed by atoms with E-state index in [2.05, 4.69) is 17.3 Å². The van der Waals surface area contributed by atoms with Gasteiger partial charge in [-0.15, -0.1) is 0 Å². The number of ketones is 1. The van der Waals surface area contributed by atoms with E-state index in [-0.39, 0.29) is 35.7 Å². The van der Waals surface area contributed by atoms with Gasteiger partial charge in [-0.05, 0) is 16.5 Å². The highest BCUT2D eigenvalue weighted by Gasteiger charge is 2.28. The molecule has 1 amide bonds. The van der Waals surface area contributed by atoms with Crippen LogP contribution < -0.4 is 29.3 Å². The number of amides is 1. The fraction of sp³-hybridized carbons (Fsp3) is 0.292. The first-order chi connectivity index (χ1) is 14.6. The number of likely N-dealkylation sites (N-methyl/N-ethyl adjacent to an activating group) is 1. The fourth-order valence-electron chi connectivity index (χ4n) is 4.46. The first-order valence-electron chi connectivity index (χ1n) is 10.3. The number of halogens is 1. The molecule has 2 aromatic carbocycles. The average Bonchev–Trinajstić information content (AvgIpc) is 2.77. The Morgan fingerprint density at radius 1 is 1.06 bits per heavy atom. The minimum Gasteiger partial charge on any atom is -1.00 e. The number of aromatic nitrogens is 1. The van der Waals surface area contributed by atoms with E-state index in [1.807, 2.05) is 42.5 Å². The average molecular weight is 529 g/mol. The van der Waals surface area contributed by atoms with Gasteiger partial charge >= 0.3 is 0 Å². The van der Waals surface area contributed by atoms with E-state index < -0.39 is 0 Å². The molecule has 1 saturated heterocycles. The number of fused-ring (bicyclic) bond motifs is 2. The minimum atomic E-state index is -0.155. The van der Waals surface area contributed by atoms with Gasteiger partial charge in [0, 0.05) is 17.1 Å². The molecule has 5 rings (SSSR count). The van der Waals surface area contributed by atoms with Crippen LogP contribution in [0.3, 0.4) is 0 Å². The second-order valence-corrected chi connectivity index (χ2v) is 8.28. The van der Waals surface area contributed by atoms with Gasteiger partial charge in [-0.2, -0.15) is 0 Å². The van der Waals surface area contributed by atoms with Crippen molar-refractivity contribution in [3.63, 3.8) is 0 Å². The Balaban J connectivity index is 0.00000231. The number of hydrogen-bond donors (Lipinski definition) is 1. The zero-order valence-electron chi connectivity index (χ0n) is 17.4. The quantitative estimate of drug-likeness (QED) is 0.290. The Bertz CT molecular complexity index is 1170. The molecule has 1 aliphatic heterocycles. The van der Waals surface area contributed by atoms with Crippen LogP contribution in [0.1, 0.15) is 26.4 Å². The maximum absolute atomic E-state index is 13.0. The molecule has 0 bridgehead atoms. The molecule has 6 nitrogen and oxygen atoms in total. The topological polar surface area (TPSA) is 68.3 Å². The number of hydrogen-bond acceptors (Lipinski definition) is 4. The normalized spacial score (nSPS) is 16.4. The SMILES string of the molecule is C[N+]1(CCNC(=O)c2cnc3c4c(cccc24)-c2ccccc2C3=O)CCOCC1.[I-]. The molecule has 31 heavy (non-hydrogen) atoms. The Hall–Kier alpha value is -2.36. The van der Waals surface area contributed by atoms with Gasteiger partial charge in [-0.3, -0.25) is 14.6 Å². The van der Waals surface area contributed by atoms with Crippen molar-refractivity contribution in [1.29, 1.82) is 0 Å². The van der Waals surface area contributed by atoms with Gasteiger partial charge in [-0.1, -0.05) is 42.5 Å². The lowest BCUT2D eigenvalue weighted by Crippen LogP contribution is -3.00. The summed E-state index contributed by atoms with van der Waals surface area (Å²) in [6.07, 6.45) is 1.54. The van der Waals surface area contributed by atoms with E-state index in [0.29, 0.717) is 23.4 Å². The van der Waals surface area contributed by atoms with Gasteiger partial charge in [0.25, 0.3) is 5.91 Å². The second kappa shape index (κ2) is 8.64. The molecular weight excluding hydrogens is 505 g/mol. The van der Waals surface area contributed by atoms with Crippen molar-refractivity contribution in [1.82, 2.24) is 10.3 Å². The summed E-state index contributed by atoms with van der Waals surface area (Å²) in [6, 6.07) is 13.4. The Labute approximate surface area is 198 Å². The zero-order chi connectivity index (χ0) is 20.7. The van der Waals surface area contributed by atoms with E-state index in [9.17, 15) is 9.59 Å². The van der Waals surface area contributed by atoms with Crippen LogP contribution in [0.25, 0.3) is 21.9 Å². The highest BCUT2D eigenvalue weighted by molar-refractivity contribution is 6.26. The first kappa shape index (κ1) is 21.9. The summed E-state index contributed by atoms with van der Waals surface area (Å²) >= 11 is 0. The van der Waals surface area contributed by atoms with Crippen molar-refractivity contribution in [2.45, 2.75) is 0 Å². The summed E-state index contributed by atoms with van der Waals surface area (Å²) in [5.41, 5.74) is 3.43. The van der Waals surface area contributed by atoms with Crippen LogP contribution in [-0.2, 0) is 4.74 Å². The second-order valence-electron chi connectivity index (χ2n) is 8.28. The molecule has 7 heteroatoms. The molecule has 3 aromatic rings. The zero-order valence-corrected chi connectivity index (χ0v) is 19.5. The van der Waals surface area contributed by atoms with E-state index >= 15 is 0 Å². The molecule has 2 aliphatic rings. The maximum Gasteiger partial charge on any atom is 0.253 e. The first-order valence-corrected chi connectivity index (χ1v) is 10.3. The van der Waals surface area contributed by atoms with Gasteiger partial charge in [0.2, 0.25) is 5.78 Å². The van der Waals surface area contributed by atoms with E-state index in [1.165, 1.54) is 6.20 Å². The lowest BCUT2D eigenvalue weighted by atomic mass is 9.84. The third-order valence-electron chi connectivity index (χ3n) is 6.32. The van der Waals surface area contributed by atoms with Crippen molar-refractivity contribution in [2.24, 2.45) is 0 Å². The van der Waals surface area contributed by atoms with Crippen LogP contribution in [0.4, 0.5) is 0 Å². The molecule has 1 aromatic heterocycles. The summed E-state index contributed by atoms with van der Waals surface area (Å²) in [6.45, 7) is 4.88.